The fourth-order valence-electron chi connectivity index (χ4n) is 2.18. The second-order valence-electron chi connectivity index (χ2n) is 4.52. The number of esters is 1. The number of hydrogen-bond donors (Lipinski definition) is 1. The number of benzene rings is 1. The molecule has 4 atom stereocenters. The van der Waals surface area contributed by atoms with Crippen molar-refractivity contribution in [2.24, 2.45) is 0 Å². The van der Waals surface area contributed by atoms with E-state index >= 15 is 0 Å². The first-order chi connectivity index (χ1) is 9.02. The van der Waals surface area contributed by atoms with Gasteiger partial charge in [0.1, 0.15) is 11.9 Å². The van der Waals surface area contributed by atoms with Crippen molar-refractivity contribution in [1.29, 1.82) is 0 Å². The molecule has 1 heterocycles. The van der Waals surface area contributed by atoms with Gasteiger partial charge in [0.05, 0.1) is 18.1 Å². The van der Waals surface area contributed by atoms with Crippen molar-refractivity contribution in [3.63, 3.8) is 0 Å². The first-order valence-electron chi connectivity index (χ1n) is 5.99. The summed E-state index contributed by atoms with van der Waals surface area (Å²) >= 11 is 0. The zero-order valence-electron chi connectivity index (χ0n) is 10.8. The van der Waals surface area contributed by atoms with Crippen molar-refractivity contribution >= 4 is 16.8 Å². The molecule has 0 bridgehead atoms. The molecule has 0 saturated carbocycles. The fraction of sp³-hybridized carbons (Fsp3) is 0.462. The molecule has 1 aliphatic rings. The highest BCUT2D eigenvalue weighted by Crippen LogP contribution is 2.26. The summed E-state index contributed by atoms with van der Waals surface area (Å²) in [7, 11) is 0.173. The SMILES string of the molecule is COC(=O)C1CS(=O)C(C)C(c2ccc(F)cc2)N1. The van der Waals surface area contributed by atoms with E-state index in [9.17, 15) is 13.4 Å². The molecule has 0 amide bonds. The van der Waals surface area contributed by atoms with Crippen LogP contribution < -0.4 is 5.32 Å². The summed E-state index contributed by atoms with van der Waals surface area (Å²) in [6, 6.07) is 5.15. The number of nitrogens with one attached hydrogen (secondary N) is 1. The Labute approximate surface area is 113 Å². The van der Waals surface area contributed by atoms with E-state index in [0.29, 0.717) is 0 Å². The monoisotopic (exact) mass is 285 g/mol. The minimum Gasteiger partial charge on any atom is -0.468 e. The average Bonchev–Trinajstić information content (AvgIpc) is 2.42. The van der Waals surface area contributed by atoms with Gasteiger partial charge < -0.3 is 4.74 Å². The highest BCUT2D eigenvalue weighted by atomic mass is 32.2. The molecule has 1 saturated heterocycles. The van der Waals surface area contributed by atoms with Crippen LogP contribution in [0, 0.1) is 5.82 Å². The number of carbonyl (C=O) groups excluding carboxylic acids is 1. The molecule has 4 unspecified atom stereocenters. The van der Waals surface area contributed by atoms with E-state index in [-0.39, 0.29) is 22.9 Å². The van der Waals surface area contributed by atoms with E-state index in [4.69, 9.17) is 0 Å². The summed E-state index contributed by atoms with van der Waals surface area (Å²) in [5.41, 5.74) is 0.816. The van der Waals surface area contributed by atoms with Crippen molar-refractivity contribution in [2.75, 3.05) is 12.9 Å². The Hall–Kier alpha value is -1.27. The zero-order chi connectivity index (χ0) is 14.0. The molecule has 4 nitrogen and oxygen atoms in total. The maximum atomic E-state index is 12.9. The van der Waals surface area contributed by atoms with E-state index < -0.39 is 22.8 Å². The van der Waals surface area contributed by atoms with E-state index in [0.717, 1.165) is 5.56 Å². The van der Waals surface area contributed by atoms with Crippen molar-refractivity contribution in [3.8, 4) is 0 Å². The van der Waals surface area contributed by atoms with Crippen LogP contribution in [0.2, 0.25) is 0 Å². The molecule has 1 aliphatic heterocycles. The van der Waals surface area contributed by atoms with Crippen LogP contribution >= 0.6 is 0 Å². The Bertz CT molecular complexity index is 491. The van der Waals surface area contributed by atoms with Gasteiger partial charge >= 0.3 is 5.97 Å². The topological polar surface area (TPSA) is 55.4 Å². The number of rotatable bonds is 2. The van der Waals surface area contributed by atoms with Gasteiger partial charge in [0.2, 0.25) is 0 Å². The second-order valence-corrected chi connectivity index (χ2v) is 6.36. The maximum absolute atomic E-state index is 12.9. The number of hydrogen-bond acceptors (Lipinski definition) is 4. The molecule has 0 radical (unpaired) electrons. The molecule has 104 valence electrons. The van der Waals surface area contributed by atoms with Gasteiger partial charge in [-0.1, -0.05) is 12.1 Å². The molecule has 0 aromatic heterocycles. The Morgan fingerprint density at radius 1 is 1.42 bits per heavy atom. The third-order valence-electron chi connectivity index (χ3n) is 3.31. The van der Waals surface area contributed by atoms with Crippen molar-refractivity contribution < 1.29 is 18.1 Å². The third kappa shape index (κ3) is 3.01. The minimum absolute atomic E-state index is 0.147. The van der Waals surface area contributed by atoms with Crippen LogP contribution in [0.1, 0.15) is 18.5 Å². The van der Waals surface area contributed by atoms with Crippen LogP contribution in [0.15, 0.2) is 24.3 Å². The Balaban J connectivity index is 2.24. The van der Waals surface area contributed by atoms with E-state index in [2.05, 4.69) is 10.1 Å². The van der Waals surface area contributed by atoms with Gasteiger partial charge in [0.25, 0.3) is 0 Å². The van der Waals surface area contributed by atoms with E-state index in [1.165, 1.54) is 19.2 Å². The molecule has 2 rings (SSSR count). The van der Waals surface area contributed by atoms with Crippen molar-refractivity contribution in [3.05, 3.63) is 35.6 Å². The quantitative estimate of drug-likeness (QED) is 0.828. The number of methoxy groups -OCH3 is 1. The molecule has 1 fully saturated rings. The largest absolute Gasteiger partial charge is 0.468 e. The normalized spacial score (nSPS) is 30.9. The molecular weight excluding hydrogens is 269 g/mol. The highest BCUT2D eigenvalue weighted by molar-refractivity contribution is 7.85. The fourth-order valence-corrected chi connectivity index (χ4v) is 3.59. The molecular formula is C13H16FNO3S. The molecule has 1 aromatic carbocycles. The predicted molar refractivity (Wildman–Crippen MR) is 70.6 cm³/mol. The van der Waals surface area contributed by atoms with Gasteiger partial charge in [-0.15, -0.1) is 0 Å². The number of ether oxygens (including phenoxy) is 1. The first kappa shape index (κ1) is 14.1. The van der Waals surface area contributed by atoms with Gasteiger partial charge in [-0.05, 0) is 24.6 Å². The van der Waals surface area contributed by atoms with Gasteiger partial charge in [-0.25, -0.2) is 4.39 Å². The lowest BCUT2D eigenvalue weighted by molar-refractivity contribution is -0.142. The van der Waals surface area contributed by atoms with Crippen LogP contribution in [0.25, 0.3) is 0 Å². The van der Waals surface area contributed by atoms with Crippen LogP contribution in [-0.4, -0.2) is 34.3 Å². The van der Waals surface area contributed by atoms with Crippen LogP contribution in [0.5, 0.6) is 0 Å². The third-order valence-corrected chi connectivity index (χ3v) is 5.07. The molecule has 1 aromatic rings. The average molecular weight is 285 g/mol. The predicted octanol–water partition coefficient (Wildman–Crippen LogP) is 1.15. The second kappa shape index (κ2) is 5.79. The highest BCUT2D eigenvalue weighted by Gasteiger charge is 2.36. The Morgan fingerprint density at radius 2 is 2.05 bits per heavy atom. The number of halogens is 1. The summed E-state index contributed by atoms with van der Waals surface area (Å²) in [5, 5.41) is 2.98. The van der Waals surface area contributed by atoms with Crippen molar-refractivity contribution in [2.45, 2.75) is 24.3 Å². The zero-order valence-corrected chi connectivity index (χ0v) is 11.6. The van der Waals surface area contributed by atoms with Gasteiger partial charge in [0.15, 0.2) is 0 Å². The molecule has 6 heteroatoms. The smallest absolute Gasteiger partial charge is 0.323 e. The summed E-state index contributed by atoms with van der Waals surface area (Å²) < 4.78 is 29.7. The minimum atomic E-state index is -1.13. The van der Waals surface area contributed by atoms with E-state index in [1.54, 1.807) is 12.1 Å². The van der Waals surface area contributed by atoms with E-state index in [1.807, 2.05) is 6.92 Å². The van der Waals surface area contributed by atoms with Gasteiger partial charge in [0, 0.05) is 16.8 Å². The van der Waals surface area contributed by atoms with Gasteiger partial charge in [-0.3, -0.25) is 14.3 Å². The summed E-state index contributed by atoms with van der Waals surface area (Å²) in [6.45, 7) is 1.85. The number of carbonyl (C=O) groups is 1. The Kier molecular flexibility index (Phi) is 4.31. The molecule has 0 spiro atoms. The lowest BCUT2D eigenvalue weighted by Crippen LogP contribution is -2.53. The Morgan fingerprint density at radius 3 is 2.63 bits per heavy atom. The van der Waals surface area contributed by atoms with Crippen LogP contribution in [0.3, 0.4) is 0 Å². The molecule has 1 N–H and O–H groups in total. The van der Waals surface area contributed by atoms with Gasteiger partial charge in [-0.2, -0.15) is 0 Å². The molecule has 0 aliphatic carbocycles. The maximum Gasteiger partial charge on any atom is 0.323 e. The lowest BCUT2D eigenvalue weighted by Gasteiger charge is -2.34. The lowest BCUT2D eigenvalue weighted by atomic mass is 10.0. The van der Waals surface area contributed by atoms with Crippen molar-refractivity contribution in [1.82, 2.24) is 5.32 Å². The summed E-state index contributed by atoms with van der Waals surface area (Å²) in [6.07, 6.45) is 0. The summed E-state index contributed by atoms with van der Waals surface area (Å²) in [5.74, 6) is -0.504. The molecule has 19 heavy (non-hydrogen) atoms. The van der Waals surface area contributed by atoms with Crippen LogP contribution in [-0.2, 0) is 20.3 Å². The first-order valence-corrected chi connectivity index (χ1v) is 7.37. The summed E-state index contributed by atoms with van der Waals surface area (Å²) in [4.78, 5) is 11.6. The standard InChI is InChI=1S/C13H16FNO3S/c1-8-12(9-3-5-10(14)6-4-9)15-11(7-19(8)17)13(16)18-2/h3-6,8,11-12,15H,7H2,1-2H3. The van der Waals surface area contributed by atoms with Crippen LogP contribution in [0.4, 0.5) is 4.39 Å².